The van der Waals surface area contributed by atoms with Crippen molar-refractivity contribution in [1.82, 2.24) is 4.98 Å². The third-order valence-corrected chi connectivity index (χ3v) is 1.68. The SMILES string of the molecule is O=[C]c1ccc2c[nH]cc2c1. The Morgan fingerprint density at radius 1 is 1.18 bits per heavy atom. The van der Waals surface area contributed by atoms with E-state index in [2.05, 4.69) is 4.98 Å². The van der Waals surface area contributed by atoms with Crippen molar-refractivity contribution in [3.05, 3.63) is 36.2 Å². The van der Waals surface area contributed by atoms with Crippen LogP contribution in [0.5, 0.6) is 0 Å². The number of aromatic nitrogens is 1. The highest BCUT2D eigenvalue weighted by Gasteiger charge is 1.94. The molecule has 0 amide bonds. The van der Waals surface area contributed by atoms with Gasteiger partial charge in [0.25, 0.3) is 0 Å². The van der Waals surface area contributed by atoms with Gasteiger partial charge in [-0.2, -0.15) is 0 Å². The van der Waals surface area contributed by atoms with Crippen molar-refractivity contribution >= 4 is 17.1 Å². The summed E-state index contributed by atoms with van der Waals surface area (Å²) in [7, 11) is 0. The third-order valence-electron chi connectivity index (χ3n) is 1.68. The minimum absolute atomic E-state index is 0.595. The van der Waals surface area contributed by atoms with Crippen LogP contribution in [0.1, 0.15) is 5.56 Å². The van der Waals surface area contributed by atoms with E-state index in [9.17, 15) is 4.79 Å². The van der Waals surface area contributed by atoms with Gasteiger partial charge in [0.2, 0.25) is 6.29 Å². The smallest absolute Gasteiger partial charge is 0.233 e. The molecule has 2 rings (SSSR count). The summed E-state index contributed by atoms with van der Waals surface area (Å²) in [5.41, 5.74) is 0.595. The van der Waals surface area contributed by atoms with Crippen LogP contribution in [0.2, 0.25) is 0 Å². The second-order valence-corrected chi connectivity index (χ2v) is 2.40. The van der Waals surface area contributed by atoms with Crippen LogP contribution in [-0.2, 0) is 4.79 Å². The standard InChI is InChI=1S/C9H6NO/c11-6-7-1-2-8-4-10-5-9(8)3-7/h1-5,10H. The van der Waals surface area contributed by atoms with Crippen molar-refractivity contribution in [1.29, 1.82) is 0 Å². The molecule has 1 N–H and O–H groups in total. The van der Waals surface area contributed by atoms with Gasteiger partial charge in [-0.3, -0.25) is 4.79 Å². The highest BCUT2D eigenvalue weighted by molar-refractivity contribution is 5.88. The van der Waals surface area contributed by atoms with E-state index in [4.69, 9.17) is 0 Å². The second-order valence-electron chi connectivity index (χ2n) is 2.40. The summed E-state index contributed by atoms with van der Waals surface area (Å²) in [6, 6.07) is 5.45. The molecule has 1 aromatic heterocycles. The maximum absolute atomic E-state index is 10.2. The lowest BCUT2D eigenvalue weighted by molar-refractivity contribution is 0.563. The summed E-state index contributed by atoms with van der Waals surface area (Å²) in [6.07, 6.45) is 5.60. The molecule has 2 nitrogen and oxygen atoms in total. The van der Waals surface area contributed by atoms with E-state index in [0.717, 1.165) is 10.8 Å². The van der Waals surface area contributed by atoms with Gasteiger partial charge in [0.15, 0.2) is 0 Å². The molecule has 11 heavy (non-hydrogen) atoms. The van der Waals surface area contributed by atoms with E-state index < -0.39 is 0 Å². The van der Waals surface area contributed by atoms with Gasteiger partial charge in [-0.15, -0.1) is 0 Å². The number of hydrogen-bond donors (Lipinski definition) is 1. The lowest BCUT2D eigenvalue weighted by atomic mass is 10.1. The van der Waals surface area contributed by atoms with Crippen molar-refractivity contribution in [2.45, 2.75) is 0 Å². The van der Waals surface area contributed by atoms with Gasteiger partial charge in [-0.1, -0.05) is 12.1 Å². The number of fused-ring (bicyclic) bond motifs is 1. The molecule has 0 saturated heterocycles. The van der Waals surface area contributed by atoms with Crippen LogP contribution in [0.15, 0.2) is 30.6 Å². The summed E-state index contributed by atoms with van der Waals surface area (Å²) in [4.78, 5) is 13.2. The van der Waals surface area contributed by atoms with Gasteiger partial charge in [0, 0.05) is 18.0 Å². The number of carbonyl (C=O) groups excluding carboxylic acids is 1. The first-order valence-electron chi connectivity index (χ1n) is 3.35. The predicted molar refractivity (Wildman–Crippen MR) is 43.1 cm³/mol. The molecular weight excluding hydrogens is 138 g/mol. The Labute approximate surface area is 63.8 Å². The van der Waals surface area contributed by atoms with Crippen LogP contribution in [0.4, 0.5) is 0 Å². The van der Waals surface area contributed by atoms with Crippen LogP contribution in [0.25, 0.3) is 10.8 Å². The first-order valence-corrected chi connectivity index (χ1v) is 3.35. The first kappa shape index (κ1) is 6.16. The normalized spacial score (nSPS) is 10.2. The zero-order chi connectivity index (χ0) is 7.68. The van der Waals surface area contributed by atoms with E-state index in [0.29, 0.717) is 5.56 Å². The summed E-state index contributed by atoms with van der Waals surface area (Å²) in [6.45, 7) is 0. The molecule has 0 aliphatic heterocycles. The molecule has 0 fully saturated rings. The van der Waals surface area contributed by atoms with E-state index >= 15 is 0 Å². The highest BCUT2D eigenvalue weighted by Crippen LogP contribution is 2.13. The average molecular weight is 144 g/mol. The Bertz CT molecular complexity index is 389. The molecule has 0 unspecified atom stereocenters. The van der Waals surface area contributed by atoms with E-state index in [1.165, 1.54) is 0 Å². The molecule has 1 radical (unpaired) electrons. The van der Waals surface area contributed by atoms with Crippen LogP contribution in [0, 0.1) is 0 Å². The Morgan fingerprint density at radius 3 is 2.82 bits per heavy atom. The third kappa shape index (κ3) is 0.923. The number of rotatable bonds is 1. The molecule has 0 aliphatic rings. The quantitative estimate of drug-likeness (QED) is 0.648. The number of benzene rings is 1. The van der Waals surface area contributed by atoms with Crippen molar-refractivity contribution in [2.75, 3.05) is 0 Å². The van der Waals surface area contributed by atoms with Crippen LogP contribution >= 0.6 is 0 Å². The van der Waals surface area contributed by atoms with Gasteiger partial charge in [0.1, 0.15) is 0 Å². The van der Waals surface area contributed by atoms with Crippen LogP contribution in [0.3, 0.4) is 0 Å². The van der Waals surface area contributed by atoms with Gasteiger partial charge >= 0.3 is 0 Å². The fourth-order valence-corrected chi connectivity index (χ4v) is 1.12. The summed E-state index contributed by atoms with van der Waals surface area (Å²) in [5, 5.41) is 2.16. The average Bonchev–Trinajstić information content (AvgIpc) is 2.50. The lowest BCUT2D eigenvalue weighted by Crippen LogP contribution is -1.76. The zero-order valence-electron chi connectivity index (χ0n) is 5.79. The minimum atomic E-state index is 0.595. The fourth-order valence-electron chi connectivity index (χ4n) is 1.12. The van der Waals surface area contributed by atoms with Crippen LogP contribution in [-0.4, -0.2) is 11.3 Å². The first-order chi connectivity index (χ1) is 5.40. The van der Waals surface area contributed by atoms with Crippen molar-refractivity contribution in [3.8, 4) is 0 Å². The van der Waals surface area contributed by atoms with Crippen molar-refractivity contribution in [2.24, 2.45) is 0 Å². The van der Waals surface area contributed by atoms with Crippen LogP contribution < -0.4 is 0 Å². The van der Waals surface area contributed by atoms with Crippen molar-refractivity contribution in [3.63, 3.8) is 0 Å². The lowest BCUT2D eigenvalue weighted by Gasteiger charge is -1.88. The summed E-state index contributed by atoms with van der Waals surface area (Å²) < 4.78 is 0. The van der Waals surface area contributed by atoms with E-state index in [1.54, 1.807) is 12.1 Å². The van der Waals surface area contributed by atoms with Gasteiger partial charge in [-0.05, 0) is 16.8 Å². The molecule has 1 aromatic carbocycles. The number of hydrogen-bond acceptors (Lipinski definition) is 1. The van der Waals surface area contributed by atoms with Gasteiger partial charge in [-0.25, -0.2) is 0 Å². The zero-order valence-corrected chi connectivity index (χ0v) is 5.79. The van der Waals surface area contributed by atoms with Crippen molar-refractivity contribution < 1.29 is 4.79 Å². The molecule has 2 aromatic rings. The Hall–Kier alpha value is -1.57. The highest BCUT2D eigenvalue weighted by atomic mass is 16.1. The maximum atomic E-state index is 10.2. The fraction of sp³-hybridized carbons (Fsp3) is 0. The molecule has 53 valence electrons. The number of nitrogens with one attached hydrogen (secondary N) is 1. The molecule has 0 bridgehead atoms. The van der Waals surface area contributed by atoms with E-state index in [-0.39, 0.29) is 0 Å². The molecule has 0 spiro atoms. The van der Waals surface area contributed by atoms with Gasteiger partial charge < -0.3 is 4.98 Å². The number of aromatic amines is 1. The Kier molecular flexibility index (Phi) is 1.25. The topological polar surface area (TPSA) is 32.9 Å². The second kappa shape index (κ2) is 2.23. The largest absolute Gasteiger partial charge is 0.366 e. The summed E-state index contributed by atoms with van der Waals surface area (Å²) >= 11 is 0. The molecular formula is C9H6NO. The van der Waals surface area contributed by atoms with E-state index in [1.807, 2.05) is 24.7 Å². The monoisotopic (exact) mass is 144 g/mol. The number of H-pyrrole nitrogens is 1. The molecule has 2 heteroatoms. The predicted octanol–water partition coefficient (Wildman–Crippen LogP) is 1.63. The maximum Gasteiger partial charge on any atom is 0.233 e. The molecule has 0 saturated carbocycles. The Morgan fingerprint density at radius 2 is 2.00 bits per heavy atom. The molecule has 0 atom stereocenters. The summed E-state index contributed by atoms with van der Waals surface area (Å²) in [5.74, 6) is 0. The molecule has 0 aliphatic carbocycles. The molecule has 1 heterocycles. The van der Waals surface area contributed by atoms with Gasteiger partial charge in [0.05, 0.1) is 0 Å². The minimum Gasteiger partial charge on any atom is -0.366 e. The Balaban J connectivity index is 2.76.